The number of aryl methyl sites for hydroxylation is 1. The van der Waals surface area contributed by atoms with Crippen molar-refractivity contribution in [3.05, 3.63) is 18.2 Å². The van der Waals surface area contributed by atoms with Gasteiger partial charge in [0.1, 0.15) is 0 Å². The Morgan fingerprint density at radius 1 is 1.35 bits per heavy atom. The second-order valence-electron chi connectivity index (χ2n) is 8.21. The maximum atomic E-state index is 13.2. The molecule has 2 aliphatic rings. The lowest BCUT2D eigenvalue weighted by atomic mass is 9.71. The third kappa shape index (κ3) is 3.14. The van der Waals surface area contributed by atoms with Gasteiger partial charge in [0.15, 0.2) is 0 Å². The van der Waals surface area contributed by atoms with Crippen LogP contribution in [0.1, 0.15) is 65.5 Å². The van der Waals surface area contributed by atoms with Crippen molar-refractivity contribution in [1.29, 1.82) is 0 Å². The fourth-order valence-corrected chi connectivity index (χ4v) is 4.93. The van der Waals surface area contributed by atoms with Gasteiger partial charge in [0.05, 0.1) is 24.0 Å². The lowest BCUT2D eigenvalue weighted by Crippen LogP contribution is -2.49. The average molecular weight is 361 g/mol. The zero-order valence-electron chi connectivity index (χ0n) is 16.5. The second-order valence-corrected chi connectivity index (χ2v) is 8.21. The summed E-state index contributed by atoms with van der Waals surface area (Å²) >= 11 is 0. The number of carbonyl (C=O) groups excluding carboxylic acids is 2. The highest BCUT2D eigenvalue weighted by molar-refractivity contribution is 5.87. The molecule has 26 heavy (non-hydrogen) atoms. The monoisotopic (exact) mass is 360 g/mol. The molecule has 2 bridgehead atoms. The summed E-state index contributed by atoms with van der Waals surface area (Å²) in [6.07, 6.45) is 7.73. The topological polar surface area (TPSA) is 67.2 Å². The van der Waals surface area contributed by atoms with E-state index in [0.29, 0.717) is 18.9 Å². The molecule has 3 rings (SSSR count). The third-order valence-electron chi connectivity index (χ3n) is 6.26. The van der Waals surface area contributed by atoms with Crippen molar-refractivity contribution in [3.8, 4) is 0 Å². The summed E-state index contributed by atoms with van der Waals surface area (Å²) < 4.78 is 2.04. The number of imidazole rings is 1. The largest absolute Gasteiger partial charge is 0.350 e. The Morgan fingerprint density at radius 2 is 2.12 bits per heavy atom. The Balaban J connectivity index is 1.72. The molecule has 1 aromatic heterocycles. The number of fused-ring (bicyclic) bond motifs is 2. The normalized spacial score (nSPS) is 27.3. The molecule has 2 amide bonds. The predicted molar refractivity (Wildman–Crippen MR) is 100 cm³/mol. The number of nitrogens with zero attached hydrogens (tertiary/aromatic N) is 3. The van der Waals surface area contributed by atoms with Gasteiger partial charge in [0, 0.05) is 31.2 Å². The molecule has 2 aliphatic heterocycles. The van der Waals surface area contributed by atoms with Crippen LogP contribution in [-0.4, -0.2) is 38.3 Å². The predicted octanol–water partition coefficient (Wildman–Crippen LogP) is 2.73. The Labute approximate surface area is 156 Å². The van der Waals surface area contributed by atoms with E-state index in [2.05, 4.69) is 42.9 Å². The maximum absolute atomic E-state index is 13.2. The minimum Gasteiger partial charge on any atom is -0.350 e. The van der Waals surface area contributed by atoms with Crippen LogP contribution < -0.4 is 5.32 Å². The van der Waals surface area contributed by atoms with E-state index in [0.717, 1.165) is 37.9 Å². The zero-order chi connectivity index (χ0) is 18.9. The lowest BCUT2D eigenvalue weighted by Gasteiger charge is -2.35. The Morgan fingerprint density at radius 3 is 2.77 bits per heavy atom. The van der Waals surface area contributed by atoms with Gasteiger partial charge in [0.25, 0.3) is 0 Å². The SMILES string of the molecule is CCn1cncc1CNC(=O)[C@]1(CC)C[C@@H]2CC[C@H]1N2C(=O)CC(C)C. The lowest BCUT2D eigenvalue weighted by molar-refractivity contribution is -0.137. The van der Waals surface area contributed by atoms with Crippen LogP contribution in [0.25, 0.3) is 0 Å². The molecule has 1 aromatic rings. The van der Waals surface area contributed by atoms with Crippen LogP contribution in [-0.2, 0) is 22.7 Å². The first-order chi connectivity index (χ1) is 12.4. The van der Waals surface area contributed by atoms with Gasteiger partial charge < -0.3 is 14.8 Å². The van der Waals surface area contributed by atoms with E-state index in [-0.39, 0.29) is 23.9 Å². The van der Waals surface area contributed by atoms with Gasteiger partial charge in [0.2, 0.25) is 11.8 Å². The molecule has 0 unspecified atom stereocenters. The quantitative estimate of drug-likeness (QED) is 0.813. The number of hydrogen-bond donors (Lipinski definition) is 1. The molecule has 3 atom stereocenters. The summed E-state index contributed by atoms with van der Waals surface area (Å²) in [7, 11) is 0. The van der Waals surface area contributed by atoms with Crippen LogP contribution in [0.4, 0.5) is 0 Å². The summed E-state index contributed by atoms with van der Waals surface area (Å²) in [5.41, 5.74) is 0.579. The number of amides is 2. The number of rotatable bonds is 7. The molecule has 1 N–H and O–H groups in total. The molecular formula is C20H32N4O2. The summed E-state index contributed by atoms with van der Waals surface area (Å²) in [5.74, 6) is 0.666. The van der Waals surface area contributed by atoms with Gasteiger partial charge in [-0.25, -0.2) is 4.98 Å². The molecular weight excluding hydrogens is 328 g/mol. The summed E-state index contributed by atoms with van der Waals surface area (Å²) in [4.78, 5) is 32.2. The molecule has 0 radical (unpaired) electrons. The summed E-state index contributed by atoms with van der Waals surface area (Å²) in [5, 5.41) is 3.14. The van der Waals surface area contributed by atoms with E-state index in [1.807, 2.05) is 10.8 Å². The second kappa shape index (κ2) is 7.41. The van der Waals surface area contributed by atoms with Crippen molar-refractivity contribution in [2.24, 2.45) is 11.3 Å². The maximum Gasteiger partial charge on any atom is 0.228 e. The van der Waals surface area contributed by atoms with Gasteiger partial charge in [-0.05, 0) is 38.5 Å². The first-order valence-electron chi connectivity index (χ1n) is 10.0. The highest BCUT2D eigenvalue weighted by Crippen LogP contribution is 2.52. The van der Waals surface area contributed by atoms with E-state index < -0.39 is 5.41 Å². The molecule has 0 saturated carbocycles. The van der Waals surface area contributed by atoms with Crippen molar-refractivity contribution in [2.45, 2.75) is 85.0 Å². The van der Waals surface area contributed by atoms with Crippen molar-refractivity contribution < 1.29 is 9.59 Å². The highest BCUT2D eigenvalue weighted by atomic mass is 16.2. The summed E-state index contributed by atoms with van der Waals surface area (Å²) in [6, 6.07) is 0.290. The third-order valence-corrected chi connectivity index (χ3v) is 6.26. The molecule has 0 aromatic carbocycles. The number of nitrogens with one attached hydrogen (secondary N) is 1. The Hall–Kier alpha value is -1.85. The van der Waals surface area contributed by atoms with Crippen LogP contribution in [0.5, 0.6) is 0 Å². The van der Waals surface area contributed by atoms with Crippen LogP contribution in [0.15, 0.2) is 12.5 Å². The van der Waals surface area contributed by atoms with Gasteiger partial charge in [-0.15, -0.1) is 0 Å². The van der Waals surface area contributed by atoms with E-state index in [9.17, 15) is 9.59 Å². The van der Waals surface area contributed by atoms with Crippen molar-refractivity contribution >= 4 is 11.8 Å². The van der Waals surface area contributed by atoms with E-state index in [1.165, 1.54) is 0 Å². The first-order valence-corrected chi connectivity index (χ1v) is 10.0. The molecule has 6 nitrogen and oxygen atoms in total. The van der Waals surface area contributed by atoms with Gasteiger partial charge in [-0.2, -0.15) is 0 Å². The van der Waals surface area contributed by atoms with E-state index in [1.54, 1.807) is 6.33 Å². The van der Waals surface area contributed by atoms with Crippen LogP contribution in [0, 0.1) is 11.3 Å². The molecule has 6 heteroatoms. The zero-order valence-corrected chi connectivity index (χ0v) is 16.5. The fraction of sp³-hybridized carbons (Fsp3) is 0.750. The van der Waals surface area contributed by atoms with Crippen molar-refractivity contribution in [2.75, 3.05) is 0 Å². The van der Waals surface area contributed by atoms with Gasteiger partial charge in [-0.1, -0.05) is 20.8 Å². The number of aromatic nitrogens is 2. The summed E-state index contributed by atoms with van der Waals surface area (Å²) in [6.45, 7) is 9.63. The molecule has 0 aliphatic carbocycles. The molecule has 2 saturated heterocycles. The average Bonchev–Trinajstić information content (AvgIpc) is 3.31. The number of hydrogen-bond acceptors (Lipinski definition) is 3. The molecule has 2 fully saturated rings. The van der Waals surface area contributed by atoms with Crippen LogP contribution >= 0.6 is 0 Å². The molecule has 0 spiro atoms. The molecule has 3 heterocycles. The van der Waals surface area contributed by atoms with E-state index in [4.69, 9.17) is 0 Å². The van der Waals surface area contributed by atoms with Crippen LogP contribution in [0.3, 0.4) is 0 Å². The molecule has 144 valence electrons. The fourth-order valence-electron chi connectivity index (χ4n) is 4.93. The Bertz CT molecular complexity index is 669. The highest BCUT2D eigenvalue weighted by Gasteiger charge is 2.59. The van der Waals surface area contributed by atoms with Crippen molar-refractivity contribution in [3.63, 3.8) is 0 Å². The minimum absolute atomic E-state index is 0.0554. The van der Waals surface area contributed by atoms with Crippen LogP contribution in [0.2, 0.25) is 0 Å². The minimum atomic E-state index is -0.438. The van der Waals surface area contributed by atoms with Crippen molar-refractivity contribution in [1.82, 2.24) is 19.8 Å². The smallest absolute Gasteiger partial charge is 0.228 e. The van der Waals surface area contributed by atoms with E-state index >= 15 is 0 Å². The standard InChI is InChI=1S/C20H32N4O2/c1-5-20(19(26)22-12-16-11-21-13-23(16)6-2)10-15-7-8-17(20)24(15)18(25)9-14(3)4/h11,13-15,17H,5-10,12H2,1-4H3,(H,22,26)/t15-,17+,20+/m0/s1. The van der Waals surface area contributed by atoms with Gasteiger partial charge in [-0.3, -0.25) is 9.59 Å². The number of carbonyl (C=O) groups is 2. The van der Waals surface area contributed by atoms with Gasteiger partial charge >= 0.3 is 0 Å². The first kappa shape index (κ1) is 18.9. The Kier molecular flexibility index (Phi) is 5.39.